The third-order valence-electron chi connectivity index (χ3n) is 5.92. The van der Waals surface area contributed by atoms with Crippen LogP contribution in [-0.2, 0) is 22.5 Å². The van der Waals surface area contributed by atoms with Crippen molar-refractivity contribution in [1.82, 2.24) is 14.8 Å². The number of ether oxygens (including phenoxy) is 1. The summed E-state index contributed by atoms with van der Waals surface area (Å²) in [5, 5.41) is 3.83. The SMILES string of the molecule is CCOC(=O)C(Cc1ccccc1)NC(=S)N1CC2CC(C1)c1cccc(=O)n1C2. The molecule has 0 spiro atoms. The number of nitrogens with one attached hydrogen (secondary N) is 1. The second kappa shape index (κ2) is 9.00. The van der Waals surface area contributed by atoms with E-state index in [4.69, 9.17) is 17.0 Å². The highest BCUT2D eigenvalue weighted by molar-refractivity contribution is 7.80. The number of rotatable bonds is 5. The Morgan fingerprint density at radius 3 is 2.73 bits per heavy atom. The van der Waals surface area contributed by atoms with Crippen LogP contribution in [0.4, 0.5) is 0 Å². The predicted octanol–water partition coefficient (Wildman–Crippen LogP) is 2.32. The van der Waals surface area contributed by atoms with Crippen LogP contribution in [0, 0.1) is 5.92 Å². The molecule has 7 heteroatoms. The van der Waals surface area contributed by atoms with Crippen molar-refractivity contribution in [3.8, 4) is 0 Å². The minimum absolute atomic E-state index is 0.0709. The smallest absolute Gasteiger partial charge is 0.328 e. The molecule has 1 saturated heterocycles. The van der Waals surface area contributed by atoms with E-state index >= 15 is 0 Å². The van der Waals surface area contributed by atoms with Gasteiger partial charge in [-0.3, -0.25) is 4.79 Å². The molecule has 30 heavy (non-hydrogen) atoms. The van der Waals surface area contributed by atoms with E-state index in [1.54, 1.807) is 13.0 Å². The summed E-state index contributed by atoms with van der Waals surface area (Å²) in [7, 11) is 0. The summed E-state index contributed by atoms with van der Waals surface area (Å²) in [6.07, 6.45) is 1.58. The van der Waals surface area contributed by atoms with Crippen molar-refractivity contribution in [2.45, 2.75) is 38.3 Å². The van der Waals surface area contributed by atoms with Gasteiger partial charge in [-0.25, -0.2) is 4.79 Å². The normalized spacial score (nSPS) is 20.8. The number of thiocarbonyl (C=S) groups is 1. The number of esters is 1. The van der Waals surface area contributed by atoms with Crippen LogP contribution in [0.3, 0.4) is 0 Å². The number of fused-ring (bicyclic) bond motifs is 4. The molecule has 0 amide bonds. The lowest BCUT2D eigenvalue weighted by molar-refractivity contribution is -0.145. The van der Waals surface area contributed by atoms with Gasteiger partial charge >= 0.3 is 5.97 Å². The van der Waals surface area contributed by atoms with E-state index in [9.17, 15) is 9.59 Å². The highest BCUT2D eigenvalue weighted by Gasteiger charge is 2.36. The number of piperidine rings is 1. The van der Waals surface area contributed by atoms with E-state index in [1.165, 1.54) is 0 Å². The Hall–Kier alpha value is -2.67. The number of hydrogen-bond donors (Lipinski definition) is 1. The van der Waals surface area contributed by atoms with E-state index in [0.29, 0.717) is 24.1 Å². The first-order chi connectivity index (χ1) is 14.5. The maximum atomic E-state index is 12.6. The molecular formula is C23H27N3O3S. The minimum Gasteiger partial charge on any atom is -0.464 e. The van der Waals surface area contributed by atoms with E-state index < -0.39 is 6.04 Å². The van der Waals surface area contributed by atoms with Crippen molar-refractivity contribution in [3.05, 3.63) is 70.1 Å². The van der Waals surface area contributed by atoms with Crippen molar-refractivity contribution in [2.24, 2.45) is 5.92 Å². The second-order valence-corrected chi connectivity index (χ2v) is 8.43. The Morgan fingerprint density at radius 1 is 1.17 bits per heavy atom. The average Bonchev–Trinajstić information content (AvgIpc) is 2.75. The van der Waals surface area contributed by atoms with Crippen LogP contribution < -0.4 is 10.9 Å². The van der Waals surface area contributed by atoms with Crippen molar-refractivity contribution >= 4 is 23.3 Å². The third-order valence-corrected chi connectivity index (χ3v) is 6.29. The highest BCUT2D eigenvalue weighted by Crippen LogP contribution is 2.34. The average molecular weight is 426 g/mol. The highest BCUT2D eigenvalue weighted by atomic mass is 32.1. The Balaban J connectivity index is 1.48. The van der Waals surface area contributed by atoms with Crippen molar-refractivity contribution in [3.63, 3.8) is 0 Å². The van der Waals surface area contributed by atoms with Gasteiger partial charge in [0, 0.05) is 43.7 Å². The number of benzene rings is 1. The Kier molecular flexibility index (Phi) is 6.18. The molecule has 4 rings (SSSR count). The molecule has 3 heterocycles. The zero-order valence-electron chi connectivity index (χ0n) is 17.1. The lowest BCUT2D eigenvalue weighted by atomic mass is 9.83. The number of pyridine rings is 1. The van der Waals surface area contributed by atoms with Gasteiger partial charge in [0.25, 0.3) is 5.56 Å². The van der Waals surface area contributed by atoms with Gasteiger partial charge in [0.1, 0.15) is 6.04 Å². The van der Waals surface area contributed by atoms with Crippen molar-refractivity contribution < 1.29 is 9.53 Å². The van der Waals surface area contributed by atoms with Crippen LogP contribution in [0.15, 0.2) is 53.3 Å². The molecule has 1 aromatic carbocycles. The summed E-state index contributed by atoms with van der Waals surface area (Å²) in [5.74, 6) is 0.338. The first-order valence-electron chi connectivity index (χ1n) is 10.5. The van der Waals surface area contributed by atoms with Crippen LogP contribution in [0.2, 0.25) is 0 Å². The first-order valence-corrected chi connectivity index (χ1v) is 10.9. The fourth-order valence-corrected chi connectivity index (χ4v) is 4.88. The third kappa shape index (κ3) is 4.41. The minimum atomic E-state index is -0.531. The lowest BCUT2D eigenvalue weighted by Gasteiger charge is -2.44. The molecular weight excluding hydrogens is 398 g/mol. The molecule has 158 valence electrons. The first kappa shape index (κ1) is 20.6. The number of carbonyl (C=O) groups is 1. The molecule has 2 aromatic rings. The fraction of sp³-hybridized carbons (Fsp3) is 0.435. The molecule has 2 aliphatic heterocycles. The molecule has 3 unspecified atom stereocenters. The molecule has 0 saturated carbocycles. The van der Waals surface area contributed by atoms with Gasteiger partial charge in [0.15, 0.2) is 5.11 Å². The fourth-order valence-electron chi connectivity index (χ4n) is 4.59. The Labute approximate surface area is 181 Å². The monoisotopic (exact) mass is 425 g/mol. The largest absolute Gasteiger partial charge is 0.464 e. The zero-order valence-corrected chi connectivity index (χ0v) is 17.9. The van der Waals surface area contributed by atoms with E-state index in [1.807, 2.05) is 47.0 Å². The Morgan fingerprint density at radius 2 is 1.97 bits per heavy atom. The van der Waals surface area contributed by atoms with Gasteiger partial charge in [-0.05, 0) is 43.1 Å². The standard InChI is InChI=1S/C23H27N3O3S/c1-2-29-22(28)19(12-16-7-4-3-5-8-16)24-23(30)25-13-17-11-18(15-25)20-9-6-10-21(27)26(20)14-17/h3-10,17-19H,2,11-15H2,1H3,(H,24,30). The summed E-state index contributed by atoms with van der Waals surface area (Å²) < 4.78 is 7.19. The topological polar surface area (TPSA) is 63.6 Å². The van der Waals surface area contributed by atoms with Crippen molar-refractivity contribution in [2.75, 3.05) is 19.7 Å². The number of nitrogens with zero attached hydrogens (tertiary/aromatic N) is 2. The molecule has 1 fully saturated rings. The van der Waals surface area contributed by atoms with E-state index in [2.05, 4.69) is 10.2 Å². The molecule has 3 atom stereocenters. The van der Waals surface area contributed by atoms with Crippen LogP contribution in [0.5, 0.6) is 0 Å². The molecule has 1 N–H and O–H groups in total. The van der Waals surface area contributed by atoms with Crippen LogP contribution in [0.25, 0.3) is 0 Å². The second-order valence-electron chi connectivity index (χ2n) is 8.05. The molecule has 2 aliphatic rings. The Bertz CT molecular complexity index is 975. The summed E-state index contributed by atoms with van der Waals surface area (Å²) >= 11 is 5.71. The molecule has 1 aromatic heterocycles. The number of aromatic nitrogens is 1. The van der Waals surface area contributed by atoms with E-state index in [-0.39, 0.29) is 17.4 Å². The van der Waals surface area contributed by atoms with Gasteiger partial charge < -0.3 is 19.5 Å². The van der Waals surface area contributed by atoms with Gasteiger partial charge in [0.05, 0.1) is 6.61 Å². The summed E-state index contributed by atoms with van der Waals surface area (Å²) in [4.78, 5) is 26.9. The van der Waals surface area contributed by atoms with Crippen LogP contribution in [-0.4, -0.2) is 46.3 Å². The maximum absolute atomic E-state index is 12.6. The molecule has 0 radical (unpaired) electrons. The summed E-state index contributed by atoms with van der Waals surface area (Å²) in [5.41, 5.74) is 2.20. The van der Waals surface area contributed by atoms with Gasteiger partial charge in [-0.1, -0.05) is 36.4 Å². The number of carbonyl (C=O) groups excluding carboxylic acids is 1. The molecule has 2 bridgehead atoms. The van der Waals surface area contributed by atoms with Gasteiger partial charge in [-0.2, -0.15) is 0 Å². The number of likely N-dealkylation sites (tertiary alicyclic amines) is 1. The van der Waals surface area contributed by atoms with Gasteiger partial charge in [0.2, 0.25) is 0 Å². The summed E-state index contributed by atoms with van der Waals surface area (Å²) in [6, 6.07) is 14.8. The van der Waals surface area contributed by atoms with E-state index in [0.717, 1.165) is 37.3 Å². The van der Waals surface area contributed by atoms with Gasteiger partial charge in [-0.15, -0.1) is 0 Å². The zero-order chi connectivity index (χ0) is 21.1. The van der Waals surface area contributed by atoms with Crippen LogP contribution in [0.1, 0.15) is 30.5 Å². The number of hydrogen-bond acceptors (Lipinski definition) is 4. The predicted molar refractivity (Wildman–Crippen MR) is 119 cm³/mol. The molecule has 0 aliphatic carbocycles. The molecule has 6 nitrogen and oxygen atoms in total. The lowest BCUT2D eigenvalue weighted by Crippen LogP contribution is -2.55. The maximum Gasteiger partial charge on any atom is 0.328 e. The van der Waals surface area contributed by atoms with Crippen LogP contribution >= 0.6 is 12.2 Å². The summed E-state index contributed by atoms with van der Waals surface area (Å²) in [6.45, 7) is 4.38. The van der Waals surface area contributed by atoms with Crippen molar-refractivity contribution in [1.29, 1.82) is 0 Å². The quantitative estimate of drug-likeness (QED) is 0.586.